The summed E-state index contributed by atoms with van der Waals surface area (Å²) in [6.07, 6.45) is 0.486. The summed E-state index contributed by atoms with van der Waals surface area (Å²) in [7, 11) is 0. The van der Waals surface area contributed by atoms with Gasteiger partial charge >= 0.3 is 5.97 Å². The van der Waals surface area contributed by atoms with Crippen molar-refractivity contribution >= 4 is 5.97 Å². The van der Waals surface area contributed by atoms with Crippen molar-refractivity contribution in [2.45, 2.75) is 43.8 Å². The highest BCUT2D eigenvalue weighted by molar-refractivity contribution is 5.73. The van der Waals surface area contributed by atoms with Crippen LogP contribution in [-0.4, -0.2) is 75.9 Å². The molecule has 21 heavy (non-hydrogen) atoms. The van der Waals surface area contributed by atoms with Crippen LogP contribution in [0.15, 0.2) is 0 Å². The average Bonchev–Trinajstić information content (AvgIpc) is 2.37. The predicted octanol–water partition coefficient (Wildman–Crippen LogP) is -2.44. The fraction of sp³-hybridized carbons (Fsp3) is 0.917. The van der Waals surface area contributed by atoms with Crippen LogP contribution in [0.2, 0.25) is 0 Å². The van der Waals surface area contributed by atoms with Crippen molar-refractivity contribution in [2.75, 3.05) is 26.3 Å². The van der Waals surface area contributed by atoms with Gasteiger partial charge in [0.15, 0.2) is 0 Å². The number of carboxylic acid groups (broad SMARTS) is 1. The van der Waals surface area contributed by atoms with Crippen LogP contribution in [0.1, 0.15) is 25.7 Å². The van der Waals surface area contributed by atoms with Gasteiger partial charge in [0.05, 0.1) is 25.7 Å². The van der Waals surface area contributed by atoms with E-state index < -0.39 is 30.5 Å². The van der Waals surface area contributed by atoms with E-state index in [0.29, 0.717) is 19.4 Å². The largest absolute Gasteiger partial charge is 0.480 e. The highest BCUT2D eigenvalue weighted by atomic mass is 16.7. The van der Waals surface area contributed by atoms with Gasteiger partial charge in [0.2, 0.25) is 0 Å². The minimum absolute atomic E-state index is 0.0299. The third-order valence-electron chi connectivity index (χ3n) is 2.74. The summed E-state index contributed by atoms with van der Waals surface area (Å²) in [5.41, 5.74) is 5.33. The number of nitrogens with one attached hydrogen (secondary N) is 1. The Kier molecular flexibility index (Phi) is 10.4. The quantitative estimate of drug-likeness (QED) is 0.144. The first-order valence-corrected chi connectivity index (χ1v) is 6.85. The number of hydrogen-bond acceptors (Lipinski definition) is 8. The number of aliphatic carboxylic acids is 1. The van der Waals surface area contributed by atoms with Gasteiger partial charge in [-0.25, -0.2) is 0 Å². The topological polar surface area (TPSA) is 166 Å². The van der Waals surface area contributed by atoms with Crippen molar-refractivity contribution in [2.24, 2.45) is 5.73 Å². The Bertz CT molecular complexity index is 283. The van der Waals surface area contributed by atoms with E-state index in [1.54, 1.807) is 0 Å². The molecule has 9 heteroatoms. The predicted molar refractivity (Wildman–Crippen MR) is 73.2 cm³/mol. The SMILES string of the molecule is NCCCC[C@H](NCC(O)COCCC(O)(O)O)C(=O)O. The number of aliphatic hydroxyl groups is 4. The zero-order valence-electron chi connectivity index (χ0n) is 11.9. The third kappa shape index (κ3) is 12.6. The zero-order chi connectivity index (χ0) is 16.3. The minimum Gasteiger partial charge on any atom is -0.480 e. The zero-order valence-corrected chi connectivity index (χ0v) is 11.9. The van der Waals surface area contributed by atoms with Crippen LogP contribution in [0.3, 0.4) is 0 Å². The van der Waals surface area contributed by atoms with E-state index in [1.807, 2.05) is 0 Å². The summed E-state index contributed by atoms with van der Waals surface area (Å²) in [6, 6.07) is -0.758. The standard InChI is InChI=1S/C12H26N2O7/c13-5-2-1-3-10(11(16)17)14-7-9(15)8-21-6-4-12(18,19)20/h9-10,14-15,18-20H,1-8,13H2,(H,16,17)/t9?,10-/m0/s1. The molecule has 2 atom stereocenters. The fourth-order valence-electron chi connectivity index (χ4n) is 1.57. The van der Waals surface area contributed by atoms with Crippen molar-refractivity contribution in [1.29, 1.82) is 0 Å². The smallest absolute Gasteiger partial charge is 0.320 e. The molecule has 0 rings (SSSR count). The van der Waals surface area contributed by atoms with Gasteiger partial charge in [0.1, 0.15) is 6.04 Å². The molecule has 0 heterocycles. The monoisotopic (exact) mass is 310 g/mol. The molecule has 0 aromatic carbocycles. The molecule has 126 valence electrons. The van der Waals surface area contributed by atoms with Crippen molar-refractivity contribution in [3.8, 4) is 0 Å². The molecule has 0 saturated carbocycles. The summed E-state index contributed by atoms with van der Waals surface area (Å²) in [4.78, 5) is 11.0. The number of ether oxygens (including phenoxy) is 1. The molecule has 0 aromatic rings. The Balaban J connectivity index is 3.81. The summed E-state index contributed by atoms with van der Waals surface area (Å²) >= 11 is 0. The molecule has 0 bridgehead atoms. The Morgan fingerprint density at radius 1 is 1.29 bits per heavy atom. The van der Waals surface area contributed by atoms with Gasteiger partial charge in [-0.05, 0) is 19.4 Å². The number of rotatable bonds is 13. The maximum Gasteiger partial charge on any atom is 0.320 e. The van der Waals surface area contributed by atoms with Crippen LogP contribution >= 0.6 is 0 Å². The first-order chi connectivity index (χ1) is 9.76. The van der Waals surface area contributed by atoms with E-state index in [9.17, 15) is 9.90 Å². The molecule has 0 radical (unpaired) electrons. The van der Waals surface area contributed by atoms with Gasteiger partial charge < -0.3 is 41.3 Å². The molecule has 1 unspecified atom stereocenters. The van der Waals surface area contributed by atoms with Gasteiger partial charge in [0.25, 0.3) is 5.97 Å². The van der Waals surface area contributed by atoms with E-state index in [-0.39, 0.29) is 19.8 Å². The number of nitrogens with two attached hydrogens (primary N) is 1. The number of carboxylic acids is 1. The maximum absolute atomic E-state index is 11.0. The Morgan fingerprint density at radius 2 is 1.95 bits per heavy atom. The second kappa shape index (κ2) is 10.9. The lowest BCUT2D eigenvalue weighted by Crippen LogP contribution is -2.42. The normalized spacial score (nSPS) is 14.9. The molecular weight excluding hydrogens is 284 g/mol. The van der Waals surface area contributed by atoms with Gasteiger partial charge in [-0.1, -0.05) is 6.42 Å². The molecule has 0 amide bonds. The first kappa shape index (κ1) is 20.2. The molecule has 0 aliphatic heterocycles. The van der Waals surface area contributed by atoms with E-state index in [1.165, 1.54) is 0 Å². The van der Waals surface area contributed by atoms with E-state index in [0.717, 1.165) is 6.42 Å². The van der Waals surface area contributed by atoms with Gasteiger partial charge in [-0.2, -0.15) is 0 Å². The lowest BCUT2D eigenvalue weighted by atomic mass is 10.1. The van der Waals surface area contributed by atoms with Gasteiger partial charge in [0, 0.05) is 6.54 Å². The second-order valence-electron chi connectivity index (χ2n) is 4.84. The Labute approximate surface area is 123 Å². The molecule has 8 N–H and O–H groups in total. The third-order valence-corrected chi connectivity index (χ3v) is 2.74. The molecule has 0 aliphatic carbocycles. The number of aliphatic hydroxyl groups excluding tert-OH is 1. The molecule has 0 saturated heterocycles. The van der Waals surface area contributed by atoms with E-state index in [4.69, 9.17) is 30.9 Å². The van der Waals surface area contributed by atoms with Crippen molar-refractivity contribution in [1.82, 2.24) is 5.32 Å². The Hall–Kier alpha value is -0.810. The van der Waals surface area contributed by atoms with E-state index >= 15 is 0 Å². The maximum atomic E-state index is 11.0. The van der Waals surface area contributed by atoms with Crippen LogP contribution in [0.5, 0.6) is 0 Å². The fourth-order valence-corrected chi connectivity index (χ4v) is 1.57. The highest BCUT2D eigenvalue weighted by Crippen LogP contribution is 2.02. The van der Waals surface area contributed by atoms with Crippen LogP contribution in [0.4, 0.5) is 0 Å². The molecule has 0 aliphatic rings. The number of carbonyl (C=O) groups is 1. The molecule has 0 fully saturated rings. The van der Waals surface area contributed by atoms with Crippen LogP contribution in [0, 0.1) is 0 Å². The van der Waals surface area contributed by atoms with Crippen molar-refractivity contribution in [3.05, 3.63) is 0 Å². The van der Waals surface area contributed by atoms with Crippen molar-refractivity contribution < 1.29 is 35.1 Å². The number of hydrogen-bond donors (Lipinski definition) is 7. The van der Waals surface area contributed by atoms with Crippen LogP contribution in [-0.2, 0) is 9.53 Å². The first-order valence-electron chi connectivity index (χ1n) is 6.85. The summed E-state index contributed by atoms with van der Waals surface area (Å²) in [6.45, 7) is 0.268. The molecule has 0 aromatic heterocycles. The minimum atomic E-state index is -2.79. The number of unbranched alkanes of at least 4 members (excludes halogenated alkanes) is 1. The highest BCUT2D eigenvalue weighted by Gasteiger charge is 2.19. The molecular formula is C12H26N2O7. The van der Waals surface area contributed by atoms with Crippen molar-refractivity contribution in [3.63, 3.8) is 0 Å². The lowest BCUT2D eigenvalue weighted by molar-refractivity contribution is -0.318. The molecule has 9 nitrogen and oxygen atoms in total. The molecule has 0 spiro atoms. The van der Waals surface area contributed by atoms with E-state index in [2.05, 4.69) is 5.32 Å². The summed E-state index contributed by atoms with van der Waals surface area (Å²) in [5.74, 6) is -3.79. The average molecular weight is 310 g/mol. The van der Waals surface area contributed by atoms with Crippen LogP contribution in [0.25, 0.3) is 0 Å². The van der Waals surface area contributed by atoms with Crippen LogP contribution < -0.4 is 11.1 Å². The summed E-state index contributed by atoms with van der Waals surface area (Å²) < 4.78 is 4.93. The Morgan fingerprint density at radius 3 is 2.48 bits per heavy atom. The van der Waals surface area contributed by atoms with Gasteiger partial charge in [-0.3, -0.25) is 4.79 Å². The second-order valence-corrected chi connectivity index (χ2v) is 4.84. The summed E-state index contributed by atoms with van der Waals surface area (Å²) in [5, 5.41) is 47.1. The lowest BCUT2D eigenvalue weighted by Gasteiger charge is -2.18. The van der Waals surface area contributed by atoms with Gasteiger partial charge in [-0.15, -0.1) is 0 Å².